The van der Waals surface area contributed by atoms with Crippen LogP contribution < -0.4 is 0 Å². The van der Waals surface area contributed by atoms with Crippen LogP contribution in [-0.2, 0) is 14.3 Å². The molecular formula is C4H2N2O3. The van der Waals surface area contributed by atoms with Gasteiger partial charge in [-0.15, -0.1) is 9.98 Å². The van der Waals surface area contributed by atoms with Crippen LogP contribution in [0.3, 0.4) is 0 Å². The molecule has 0 amide bonds. The summed E-state index contributed by atoms with van der Waals surface area (Å²) < 4.78 is 4.52. The summed E-state index contributed by atoms with van der Waals surface area (Å²) in [5, 5.41) is 0. The van der Waals surface area contributed by atoms with E-state index in [1.54, 1.807) is 0 Å². The monoisotopic (exact) mass is 126 g/mol. The van der Waals surface area contributed by atoms with Crippen LogP contribution in [0, 0.1) is 0 Å². The lowest BCUT2D eigenvalue weighted by Gasteiger charge is -1.85. The molecule has 5 heteroatoms. The fraction of sp³-hybridized carbons (Fsp3) is 0.500. The van der Waals surface area contributed by atoms with E-state index in [0.717, 1.165) is 0 Å². The zero-order valence-corrected chi connectivity index (χ0v) is 4.33. The summed E-state index contributed by atoms with van der Waals surface area (Å²) in [7, 11) is 0. The molecule has 0 aromatic carbocycles. The minimum absolute atomic E-state index is 0.164. The Morgan fingerprint density at radius 2 is 1.78 bits per heavy atom. The third-order valence-corrected chi connectivity index (χ3v) is 0.843. The molecular weight excluding hydrogens is 124 g/mol. The van der Waals surface area contributed by atoms with Crippen molar-refractivity contribution in [1.82, 2.24) is 0 Å². The van der Waals surface area contributed by atoms with Crippen molar-refractivity contribution < 1.29 is 14.3 Å². The number of epoxide rings is 1. The first-order valence-electron chi connectivity index (χ1n) is 2.15. The zero-order chi connectivity index (χ0) is 6.74. The second-order valence-corrected chi connectivity index (χ2v) is 1.44. The van der Waals surface area contributed by atoms with Gasteiger partial charge in [0.1, 0.15) is 6.61 Å². The van der Waals surface area contributed by atoms with Gasteiger partial charge < -0.3 is 4.74 Å². The molecule has 0 bridgehead atoms. The maximum Gasteiger partial charge on any atom is 0.302 e. The quantitative estimate of drug-likeness (QED) is 0.280. The molecule has 1 rings (SSSR count). The van der Waals surface area contributed by atoms with E-state index in [1.165, 1.54) is 12.2 Å². The Hall–Kier alpha value is -1.28. The number of hydrogen-bond acceptors (Lipinski definition) is 5. The third kappa shape index (κ3) is 1.09. The van der Waals surface area contributed by atoms with Gasteiger partial charge in [0, 0.05) is 0 Å². The average molecular weight is 126 g/mol. The summed E-state index contributed by atoms with van der Waals surface area (Å²) in [6.45, 7) is 0.164. The number of carbonyl (C=O) groups excluding carboxylic acids is 2. The number of rotatable bonds is 2. The van der Waals surface area contributed by atoms with E-state index in [9.17, 15) is 9.59 Å². The Labute approximate surface area is 50.1 Å². The summed E-state index contributed by atoms with van der Waals surface area (Å²) >= 11 is 0. The van der Waals surface area contributed by atoms with Gasteiger partial charge in [-0.2, -0.15) is 0 Å². The number of nitrogens with zero attached hydrogens (tertiary/aromatic N) is 2. The topological polar surface area (TPSA) is 71.4 Å². The molecule has 1 aliphatic rings. The van der Waals surface area contributed by atoms with Crippen molar-refractivity contribution in [3.05, 3.63) is 0 Å². The smallest absolute Gasteiger partial charge is 0.302 e. The van der Waals surface area contributed by atoms with Crippen LogP contribution in [0.1, 0.15) is 0 Å². The first-order chi connectivity index (χ1) is 4.33. The van der Waals surface area contributed by atoms with Crippen molar-refractivity contribution in [3.8, 4) is 0 Å². The van der Waals surface area contributed by atoms with Gasteiger partial charge in [-0.1, -0.05) is 0 Å². The normalized spacial score (nSPS) is 29.8. The minimum atomic E-state index is -1.25. The van der Waals surface area contributed by atoms with Crippen LogP contribution in [0.5, 0.6) is 0 Å². The molecule has 0 aromatic heterocycles. The average Bonchev–Trinajstić information content (AvgIpc) is 2.51. The summed E-state index contributed by atoms with van der Waals surface area (Å²) in [5.41, 5.74) is 0. The van der Waals surface area contributed by atoms with Crippen LogP contribution in [0.15, 0.2) is 9.98 Å². The molecule has 0 unspecified atom stereocenters. The Kier molecular flexibility index (Phi) is 1.24. The number of ether oxygens (including phenoxy) is 1. The standard InChI is InChI=1S/C4H2N2O3/c7-2-5-4(1-9-4)6-3-8/h1H2. The summed E-state index contributed by atoms with van der Waals surface area (Å²) in [6.07, 6.45) is 2.47. The van der Waals surface area contributed by atoms with Crippen molar-refractivity contribution >= 4 is 12.2 Å². The van der Waals surface area contributed by atoms with E-state index < -0.39 is 5.85 Å². The molecule has 5 nitrogen and oxygen atoms in total. The molecule has 1 fully saturated rings. The van der Waals surface area contributed by atoms with Gasteiger partial charge in [0.25, 0.3) is 0 Å². The summed E-state index contributed by atoms with van der Waals surface area (Å²) in [5.74, 6) is -1.25. The largest absolute Gasteiger partial charge is 0.325 e. The van der Waals surface area contributed by atoms with Gasteiger partial charge in [-0.05, 0) is 0 Å². The van der Waals surface area contributed by atoms with Gasteiger partial charge >= 0.3 is 5.85 Å². The second-order valence-electron chi connectivity index (χ2n) is 1.44. The van der Waals surface area contributed by atoms with Crippen LogP contribution in [-0.4, -0.2) is 24.6 Å². The SMILES string of the molecule is O=C=NC1(N=C=O)CO1. The molecule has 46 valence electrons. The molecule has 0 atom stereocenters. The van der Waals surface area contributed by atoms with Crippen LogP contribution in [0.2, 0.25) is 0 Å². The lowest BCUT2D eigenvalue weighted by Crippen LogP contribution is -1.99. The van der Waals surface area contributed by atoms with Gasteiger partial charge in [0.2, 0.25) is 12.2 Å². The first-order valence-corrected chi connectivity index (χ1v) is 2.15. The van der Waals surface area contributed by atoms with Gasteiger partial charge in [0.15, 0.2) is 0 Å². The fourth-order valence-electron chi connectivity index (χ4n) is 0.361. The highest BCUT2D eigenvalue weighted by molar-refractivity contribution is 5.39. The molecule has 0 radical (unpaired) electrons. The second kappa shape index (κ2) is 1.91. The first kappa shape index (κ1) is 5.85. The highest BCUT2D eigenvalue weighted by Crippen LogP contribution is 2.28. The molecule has 9 heavy (non-hydrogen) atoms. The van der Waals surface area contributed by atoms with Crippen molar-refractivity contribution in [2.24, 2.45) is 9.98 Å². The molecule has 0 aromatic rings. The number of isocyanates is 2. The van der Waals surface area contributed by atoms with E-state index in [0.29, 0.717) is 0 Å². The molecule has 0 N–H and O–H groups in total. The van der Waals surface area contributed by atoms with Gasteiger partial charge in [-0.3, -0.25) is 0 Å². The lowest BCUT2D eigenvalue weighted by atomic mass is 10.6. The maximum atomic E-state index is 9.57. The van der Waals surface area contributed by atoms with E-state index in [2.05, 4.69) is 14.7 Å². The molecule has 0 saturated carbocycles. The maximum absolute atomic E-state index is 9.57. The van der Waals surface area contributed by atoms with Crippen molar-refractivity contribution in [3.63, 3.8) is 0 Å². The minimum Gasteiger partial charge on any atom is -0.325 e. The molecule has 1 aliphatic heterocycles. The summed E-state index contributed by atoms with van der Waals surface area (Å²) in [4.78, 5) is 25.3. The fourth-order valence-corrected chi connectivity index (χ4v) is 0.361. The van der Waals surface area contributed by atoms with Crippen LogP contribution in [0.25, 0.3) is 0 Å². The van der Waals surface area contributed by atoms with Gasteiger partial charge in [0.05, 0.1) is 0 Å². The summed E-state index contributed by atoms with van der Waals surface area (Å²) in [6, 6.07) is 0. The number of hydrogen-bond donors (Lipinski definition) is 0. The Morgan fingerprint density at radius 3 is 2.00 bits per heavy atom. The van der Waals surface area contributed by atoms with Crippen LogP contribution in [0.4, 0.5) is 0 Å². The Morgan fingerprint density at radius 1 is 1.33 bits per heavy atom. The predicted octanol–water partition coefficient (Wildman–Crippen LogP) is -0.658. The molecule has 0 spiro atoms. The zero-order valence-electron chi connectivity index (χ0n) is 4.33. The Bertz CT molecular complexity index is 188. The van der Waals surface area contributed by atoms with Crippen LogP contribution >= 0.6 is 0 Å². The predicted molar refractivity (Wildman–Crippen MR) is 24.9 cm³/mol. The molecule has 1 saturated heterocycles. The van der Waals surface area contributed by atoms with Crippen molar-refractivity contribution in [1.29, 1.82) is 0 Å². The molecule has 1 heterocycles. The van der Waals surface area contributed by atoms with E-state index in [1.807, 2.05) is 0 Å². The van der Waals surface area contributed by atoms with E-state index >= 15 is 0 Å². The third-order valence-electron chi connectivity index (χ3n) is 0.843. The number of aliphatic imine (C=N–C) groups is 2. The van der Waals surface area contributed by atoms with E-state index in [4.69, 9.17) is 0 Å². The molecule has 0 aliphatic carbocycles. The highest BCUT2D eigenvalue weighted by atomic mass is 16.6. The van der Waals surface area contributed by atoms with E-state index in [-0.39, 0.29) is 6.61 Å². The Balaban J connectivity index is 2.74. The van der Waals surface area contributed by atoms with Crippen molar-refractivity contribution in [2.75, 3.05) is 6.61 Å². The van der Waals surface area contributed by atoms with Gasteiger partial charge in [-0.25, -0.2) is 9.59 Å². The lowest BCUT2D eigenvalue weighted by molar-refractivity contribution is 0.321. The van der Waals surface area contributed by atoms with Crippen molar-refractivity contribution in [2.45, 2.75) is 5.85 Å². The highest BCUT2D eigenvalue weighted by Gasteiger charge is 2.46.